The van der Waals surface area contributed by atoms with E-state index in [9.17, 15) is 14.7 Å². The molecule has 7 nitrogen and oxygen atoms in total. The number of ether oxygens (including phenoxy) is 2. The minimum Gasteiger partial charge on any atom is -0.494 e. The van der Waals surface area contributed by atoms with Gasteiger partial charge in [-0.3, -0.25) is 14.6 Å². The molecular weight excluding hydrogens is 464 g/mol. The molecule has 1 fully saturated rings. The quantitative estimate of drug-likeness (QED) is 0.403. The SMILES string of the molecule is CCc1ccc(CCOc2ccc(Cc3sc(=O)n(COC(=O)C4CCCCC4)c3O)cc2)nc1. The number of rotatable bonds is 10. The Morgan fingerprint density at radius 3 is 2.54 bits per heavy atom. The third-order valence-corrected chi connectivity index (χ3v) is 7.39. The maximum absolute atomic E-state index is 12.4. The van der Waals surface area contributed by atoms with Crippen molar-refractivity contribution >= 4 is 17.3 Å². The average molecular weight is 497 g/mol. The molecule has 0 saturated heterocycles. The maximum atomic E-state index is 12.4. The summed E-state index contributed by atoms with van der Waals surface area (Å²) in [4.78, 5) is 29.3. The van der Waals surface area contributed by atoms with E-state index < -0.39 is 0 Å². The lowest BCUT2D eigenvalue weighted by Crippen LogP contribution is -2.23. The molecule has 1 aliphatic rings. The van der Waals surface area contributed by atoms with Crippen LogP contribution < -0.4 is 9.61 Å². The highest BCUT2D eigenvalue weighted by molar-refractivity contribution is 7.09. The van der Waals surface area contributed by atoms with Gasteiger partial charge >= 0.3 is 10.8 Å². The van der Waals surface area contributed by atoms with Crippen LogP contribution in [-0.2, 0) is 35.5 Å². The van der Waals surface area contributed by atoms with Gasteiger partial charge in [0.05, 0.1) is 17.4 Å². The fraction of sp³-hybridized carbons (Fsp3) is 0.444. The van der Waals surface area contributed by atoms with E-state index in [1.165, 1.54) is 5.56 Å². The molecule has 0 spiro atoms. The Morgan fingerprint density at radius 1 is 1.11 bits per heavy atom. The summed E-state index contributed by atoms with van der Waals surface area (Å²) in [5, 5.41) is 10.6. The molecule has 0 atom stereocenters. The summed E-state index contributed by atoms with van der Waals surface area (Å²) in [7, 11) is 0. The lowest BCUT2D eigenvalue weighted by Gasteiger charge is -2.19. The van der Waals surface area contributed by atoms with E-state index in [0.717, 1.165) is 77.9 Å². The van der Waals surface area contributed by atoms with Gasteiger partial charge in [-0.15, -0.1) is 0 Å². The molecule has 186 valence electrons. The smallest absolute Gasteiger partial charge is 0.313 e. The Balaban J connectivity index is 1.28. The first-order chi connectivity index (χ1) is 17.0. The van der Waals surface area contributed by atoms with E-state index in [-0.39, 0.29) is 29.4 Å². The molecule has 0 unspecified atom stereocenters. The molecule has 1 N–H and O–H groups in total. The third-order valence-electron chi connectivity index (χ3n) is 6.42. The molecule has 1 aromatic carbocycles. The molecular formula is C27H32N2O5S. The van der Waals surface area contributed by atoms with Crippen molar-refractivity contribution in [3.63, 3.8) is 0 Å². The zero-order valence-electron chi connectivity index (χ0n) is 20.1. The average Bonchev–Trinajstić information content (AvgIpc) is 3.16. The first kappa shape index (κ1) is 25.0. The number of aryl methyl sites for hydroxylation is 1. The highest BCUT2D eigenvalue weighted by Crippen LogP contribution is 2.27. The second kappa shape index (κ2) is 12.0. The van der Waals surface area contributed by atoms with Gasteiger partial charge < -0.3 is 14.6 Å². The van der Waals surface area contributed by atoms with Crippen LogP contribution in [0, 0.1) is 5.92 Å². The second-order valence-corrected chi connectivity index (χ2v) is 9.95. The highest BCUT2D eigenvalue weighted by Gasteiger charge is 2.23. The predicted molar refractivity (Wildman–Crippen MR) is 135 cm³/mol. The van der Waals surface area contributed by atoms with E-state index >= 15 is 0 Å². The van der Waals surface area contributed by atoms with Crippen LogP contribution in [0.3, 0.4) is 0 Å². The fourth-order valence-corrected chi connectivity index (χ4v) is 5.13. The first-order valence-electron chi connectivity index (χ1n) is 12.3. The van der Waals surface area contributed by atoms with Gasteiger partial charge in [-0.1, -0.05) is 55.7 Å². The number of aromatic nitrogens is 2. The van der Waals surface area contributed by atoms with Crippen LogP contribution in [0.2, 0.25) is 0 Å². The Morgan fingerprint density at radius 2 is 1.86 bits per heavy atom. The van der Waals surface area contributed by atoms with Gasteiger partial charge in [0.25, 0.3) is 0 Å². The van der Waals surface area contributed by atoms with Gasteiger partial charge in [-0.2, -0.15) is 0 Å². The van der Waals surface area contributed by atoms with Crippen molar-refractivity contribution in [2.75, 3.05) is 6.61 Å². The lowest BCUT2D eigenvalue weighted by molar-refractivity contribution is -0.153. The van der Waals surface area contributed by atoms with Crippen molar-refractivity contribution in [2.45, 2.75) is 65.0 Å². The van der Waals surface area contributed by atoms with Crippen molar-refractivity contribution in [3.8, 4) is 11.6 Å². The van der Waals surface area contributed by atoms with Crippen LogP contribution in [0.25, 0.3) is 0 Å². The summed E-state index contributed by atoms with van der Waals surface area (Å²) >= 11 is 0.969. The number of hydrogen-bond donors (Lipinski definition) is 1. The summed E-state index contributed by atoms with van der Waals surface area (Å²) in [5.41, 5.74) is 3.16. The van der Waals surface area contributed by atoms with Crippen LogP contribution in [-0.4, -0.2) is 27.2 Å². The molecule has 1 aliphatic carbocycles. The van der Waals surface area contributed by atoms with E-state index in [2.05, 4.69) is 18.0 Å². The Hall–Kier alpha value is -3.13. The van der Waals surface area contributed by atoms with E-state index in [1.807, 2.05) is 36.5 Å². The number of esters is 1. The van der Waals surface area contributed by atoms with Gasteiger partial charge in [0.2, 0.25) is 5.88 Å². The van der Waals surface area contributed by atoms with Crippen molar-refractivity contribution < 1.29 is 19.4 Å². The van der Waals surface area contributed by atoms with Gasteiger partial charge in [0, 0.05) is 24.7 Å². The molecule has 0 amide bonds. The molecule has 1 saturated carbocycles. The summed E-state index contributed by atoms with van der Waals surface area (Å²) in [5.74, 6) is 0.230. The summed E-state index contributed by atoms with van der Waals surface area (Å²) in [6.07, 6.45) is 8.88. The number of pyridine rings is 1. The fourth-order valence-electron chi connectivity index (χ4n) is 4.23. The number of benzene rings is 1. The van der Waals surface area contributed by atoms with Crippen LogP contribution in [0.4, 0.5) is 0 Å². The van der Waals surface area contributed by atoms with Crippen LogP contribution in [0.1, 0.15) is 60.7 Å². The molecule has 4 rings (SSSR count). The summed E-state index contributed by atoms with van der Waals surface area (Å²) in [6.45, 7) is 2.39. The second-order valence-electron chi connectivity index (χ2n) is 8.90. The largest absolute Gasteiger partial charge is 0.494 e. The molecule has 2 heterocycles. The number of nitrogens with zero attached hydrogens (tertiary/aromatic N) is 2. The summed E-state index contributed by atoms with van der Waals surface area (Å²) in [6, 6.07) is 11.7. The van der Waals surface area contributed by atoms with E-state index in [4.69, 9.17) is 9.47 Å². The third kappa shape index (κ3) is 6.72. The number of aromatic hydroxyl groups is 1. The van der Waals surface area contributed by atoms with Crippen molar-refractivity contribution in [1.29, 1.82) is 0 Å². The lowest BCUT2D eigenvalue weighted by atomic mass is 9.89. The Labute approximate surface area is 209 Å². The predicted octanol–water partition coefficient (Wildman–Crippen LogP) is 4.87. The van der Waals surface area contributed by atoms with Crippen molar-refractivity contribution in [1.82, 2.24) is 9.55 Å². The zero-order valence-corrected chi connectivity index (χ0v) is 20.9. The maximum Gasteiger partial charge on any atom is 0.313 e. The number of thiazole rings is 1. The van der Waals surface area contributed by atoms with Gasteiger partial charge in [0.1, 0.15) is 5.75 Å². The zero-order chi connectivity index (χ0) is 24.6. The minimum atomic E-state index is -0.338. The molecule has 35 heavy (non-hydrogen) atoms. The van der Waals surface area contributed by atoms with Crippen LogP contribution >= 0.6 is 11.3 Å². The van der Waals surface area contributed by atoms with Crippen molar-refractivity contribution in [3.05, 3.63) is 74.0 Å². The van der Waals surface area contributed by atoms with Gasteiger partial charge in [-0.25, -0.2) is 4.57 Å². The van der Waals surface area contributed by atoms with E-state index in [0.29, 0.717) is 17.9 Å². The van der Waals surface area contributed by atoms with Crippen molar-refractivity contribution in [2.24, 2.45) is 5.92 Å². The molecule has 0 radical (unpaired) electrons. The molecule has 3 aromatic rings. The molecule has 2 aromatic heterocycles. The van der Waals surface area contributed by atoms with Crippen LogP contribution in [0.5, 0.6) is 11.6 Å². The number of carbonyl (C=O) groups is 1. The van der Waals surface area contributed by atoms with Gasteiger partial charge in [-0.05, 0) is 48.6 Å². The van der Waals surface area contributed by atoms with E-state index in [1.54, 1.807) is 0 Å². The normalized spacial score (nSPS) is 14.1. The monoisotopic (exact) mass is 496 g/mol. The first-order valence-corrected chi connectivity index (χ1v) is 13.1. The summed E-state index contributed by atoms with van der Waals surface area (Å²) < 4.78 is 12.3. The minimum absolute atomic E-state index is 0.0988. The van der Waals surface area contributed by atoms with Gasteiger partial charge in [0.15, 0.2) is 6.73 Å². The topological polar surface area (TPSA) is 90.7 Å². The Kier molecular flexibility index (Phi) is 8.58. The molecule has 0 aliphatic heterocycles. The van der Waals surface area contributed by atoms with Crippen LogP contribution in [0.15, 0.2) is 47.4 Å². The highest BCUT2D eigenvalue weighted by atomic mass is 32.1. The molecule has 8 heteroatoms. The Bertz CT molecular complexity index is 1160. The number of carbonyl (C=O) groups excluding carboxylic acids is 1. The molecule has 0 bridgehead atoms. The number of hydrogen-bond acceptors (Lipinski definition) is 7. The standard InChI is InChI=1S/C27H32N2O5S/c1-2-19-8-11-22(28-17-19)14-15-33-23-12-9-20(10-13-23)16-24-25(30)29(27(32)35-24)18-34-26(31)21-6-4-3-5-7-21/h8-13,17,21,30H,2-7,14-16,18H2,1H3.